The van der Waals surface area contributed by atoms with Crippen LogP contribution >= 0.6 is 0 Å². The van der Waals surface area contributed by atoms with E-state index in [0.29, 0.717) is 11.6 Å². The molecule has 5 nitrogen and oxygen atoms in total. The molecule has 0 aliphatic heterocycles. The number of carbonyl (C=O) groups excluding carboxylic acids is 1. The van der Waals surface area contributed by atoms with Gasteiger partial charge in [0.05, 0.1) is 0 Å². The molecule has 3 rings (SSSR count). The topological polar surface area (TPSA) is 58.1 Å². The van der Waals surface area contributed by atoms with Crippen LogP contribution in [0.2, 0.25) is 0 Å². The number of halogens is 1. The van der Waals surface area contributed by atoms with Crippen molar-refractivity contribution in [3.8, 4) is 0 Å². The molecule has 0 aliphatic carbocycles. The van der Waals surface area contributed by atoms with Crippen molar-refractivity contribution < 1.29 is 9.18 Å². The molecule has 0 spiro atoms. The molecule has 1 aromatic heterocycles. The van der Waals surface area contributed by atoms with Gasteiger partial charge in [-0.1, -0.05) is 24.3 Å². The number of benzene rings is 2. The quantitative estimate of drug-likeness (QED) is 0.797. The third-order valence-electron chi connectivity index (χ3n) is 3.40. The first-order valence-electron chi connectivity index (χ1n) is 7.32. The molecule has 6 heteroatoms. The molecule has 2 aromatic carbocycles. The number of anilines is 3. The fraction of sp³-hybridized carbons (Fsp3) is 0.0556. The average Bonchev–Trinajstić information content (AvgIpc) is 2.62. The fourth-order valence-corrected chi connectivity index (χ4v) is 2.16. The zero-order valence-corrected chi connectivity index (χ0v) is 13.0. The summed E-state index contributed by atoms with van der Waals surface area (Å²) >= 11 is 0. The zero-order chi connectivity index (χ0) is 16.9. The monoisotopic (exact) mass is 322 g/mol. The van der Waals surface area contributed by atoms with Gasteiger partial charge in [0.1, 0.15) is 11.5 Å². The summed E-state index contributed by atoms with van der Waals surface area (Å²) in [6.45, 7) is 0. The maximum Gasteiger partial charge on any atom is 0.274 e. The third kappa shape index (κ3) is 3.55. The SMILES string of the molecule is CN(c1ccccc1)c1nccc(C(=O)Nc2cccc(F)c2)n1. The van der Waals surface area contributed by atoms with E-state index in [9.17, 15) is 9.18 Å². The molecular weight excluding hydrogens is 307 g/mol. The lowest BCUT2D eigenvalue weighted by Crippen LogP contribution is -2.18. The van der Waals surface area contributed by atoms with Crippen LogP contribution in [0.15, 0.2) is 66.9 Å². The van der Waals surface area contributed by atoms with Gasteiger partial charge in [-0.3, -0.25) is 4.79 Å². The lowest BCUT2D eigenvalue weighted by Gasteiger charge is -2.17. The molecule has 0 atom stereocenters. The largest absolute Gasteiger partial charge is 0.321 e. The molecule has 0 fully saturated rings. The van der Waals surface area contributed by atoms with E-state index in [1.165, 1.54) is 30.5 Å². The van der Waals surface area contributed by atoms with Gasteiger partial charge < -0.3 is 10.2 Å². The summed E-state index contributed by atoms with van der Waals surface area (Å²) in [5, 5.41) is 2.62. The summed E-state index contributed by atoms with van der Waals surface area (Å²) in [6.07, 6.45) is 1.52. The number of carbonyl (C=O) groups is 1. The first-order valence-corrected chi connectivity index (χ1v) is 7.32. The highest BCUT2D eigenvalue weighted by molar-refractivity contribution is 6.03. The second-order valence-corrected chi connectivity index (χ2v) is 5.10. The molecule has 0 bridgehead atoms. The van der Waals surface area contributed by atoms with Gasteiger partial charge in [0.2, 0.25) is 5.95 Å². The van der Waals surface area contributed by atoms with Gasteiger partial charge >= 0.3 is 0 Å². The van der Waals surface area contributed by atoms with Crippen molar-refractivity contribution in [3.63, 3.8) is 0 Å². The molecule has 120 valence electrons. The number of rotatable bonds is 4. The Bertz CT molecular complexity index is 854. The number of hydrogen-bond donors (Lipinski definition) is 1. The lowest BCUT2D eigenvalue weighted by molar-refractivity contribution is 0.102. The summed E-state index contributed by atoms with van der Waals surface area (Å²) in [4.78, 5) is 22.5. The summed E-state index contributed by atoms with van der Waals surface area (Å²) in [5.74, 6) is -0.446. The van der Waals surface area contributed by atoms with Gasteiger partial charge in [-0.2, -0.15) is 0 Å². The average molecular weight is 322 g/mol. The van der Waals surface area contributed by atoms with Crippen molar-refractivity contribution in [2.75, 3.05) is 17.3 Å². The smallest absolute Gasteiger partial charge is 0.274 e. The number of hydrogen-bond acceptors (Lipinski definition) is 4. The summed E-state index contributed by atoms with van der Waals surface area (Å²) in [7, 11) is 1.82. The Balaban J connectivity index is 1.81. The van der Waals surface area contributed by atoms with Gasteiger partial charge in [-0.25, -0.2) is 14.4 Å². The Hall–Kier alpha value is -3.28. The minimum atomic E-state index is -0.425. The van der Waals surface area contributed by atoms with Crippen molar-refractivity contribution >= 4 is 23.2 Å². The van der Waals surface area contributed by atoms with Crippen molar-refractivity contribution in [1.82, 2.24) is 9.97 Å². The minimum absolute atomic E-state index is 0.201. The van der Waals surface area contributed by atoms with E-state index in [-0.39, 0.29) is 5.69 Å². The van der Waals surface area contributed by atoms with Gasteiger partial charge in [-0.05, 0) is 36.4 Å². The Labute approximate surface area is 138 Å². The van der Waals surface area contributed by atoms with Crippen molar-refractivity contribution in [2.24, 2.45) is 0 Å². The molecule has 0 saturated carbocycles. The number of amides is 1. The molecular formula is C18H15FN4O. The van der Waals surface area contributed by atoms with Crippen LogP contribution in [0.1, 0.15) is 10.5 Å². The van der Waals surface area contributed by atoms with E-state index < -0.39 is 11.7 Å². The van der Waals surface area contributed by atoms with Gasteiger partial charge in [0.25, 0.3) is 5.91 Å². The summed E-state index contributed by atoms with van der Waals surface area (Å²) in [5.41, 5.74) is 1.48. The molecule has 0 unspecified atom stereocenters. The second-order valence-electron chi connectivity index (χ2n) is 5.10. The predicted molar refractivity (Wildman–Crippen MR) is 90.9 cm³/mol. The van der Waals surface area contributed by atoms with Gasteiger partial charge in [-0.15, -0.1) is 0 Å². The molecule has 1 N–H and O–H groups in total. The van der Waals surface area contributed by atoms with Crippen LogP contribution in [0, 0.1) is 5.82 Å². The van der Waals surface area contributed by atoms with E-state index in [2.05, 4.69) is 15.3 Å². The second kappa shape index (κ2) is 6.87. The molecule has 3 aromatic rings. The predicted octanol–water partition coefficient (Wildman–Crippen LogP) is 3.64. The first kappa shape index (κ1) is 15.6. The van der Waals surface area contributed by atoms with Gasteiger partial charge in [0, 0.05) is 24.6 Å². The number of nitrogens with zero attached hydrogens (tertiary/aromatic N) is 3. The normalized spacial score (nSPS) is 10.2. The molecule has 24 heavy (non-hydrogen) atoms. The highest BCUT2D eigenvalue weighted by Gasteiger charge is 2.12. The van der Waals surface area contributed by atoms with Crippen molar-refractivity contribution in [1.29, 1.82) is 0 Å². The summed E-state index contributed by atoms with van der Waals surface area (Å²) < 4.78 is 13.2. The van der Waals surface area contributed by atoms with Crippen LogP contribution < -0.4 is 10.2 Å². The Morgan fingerprint density at radius 3 is 2.62 bits per heavy atom. The van der Waals surface area contributed by atoms with E-state index in [1.807, 2.05) is 37.4 Å². The van der Waals surface area contributed by atoms with Gasteiger partial charge in [0.15, 0.2) is 0 Å². The van der Waals surface area contributed by atoms with E-state index in [0.717, 1.165) is 5.69 Å². The molecule has 0 aliphatic rings. The molecule has 0 radical (unpaired) electrons. The van der Waals surface area contributed by atoms with Crippen LogP contribution in [-0.4, -0.2) is 22.9 Å². The zero-order valence-electron chi connectivity index (χ0n) is 13.0. The highest BCUT2D eigenvalue weighted by atomic mass is 19.1. The van der Waals surface area contributed by atoms with Crippen LogP contribution in [0.25, 0.3) is 0 Å². The van der Waals surface area contributed by atoms with Crippen LogP contribution in [0.4, 0.5) is 21.7 Å². The maximum atomic E-state index is 13.2. The Kier molecular flexibility index (Phi) is 4.47. The minimum Gasteiger partial charge on any atom is -0.321 e. The summed E-state index contributed by atoms with van der Waals surface area (Å²) in [6, 6.07) is 16.8. The molecule has 1 heterocycles. The number of nitrogens with one attached hydrogen (secondary N) is 1. The van der Waals surface area contributed by atoms with Crippen LogP contribution in [0.5, 0.6) is 0 Å². The van der Waals surface area contributed by atoms with E-state index in [4.69, 9.17) is 0 Å². The standard InChI is InChI=1S/C18H15FN4O/c1-23(15-8-3-2-4-9-15)18-20-11-10-16(22-18)17(24)21-14-7-5-6-13(19)12-14/h2-12H,1H3,(H,21,24). The Morgan fingerprint density at radius 2 is 1.88 bits per heavy atom. The lowest BCUT2D eigenvalue weighted by atomic mass is 10.3. The highest BCUT2D eigenvalue weighted by Crippen LogP contribution is 2.19. The fourth-order valence-electron chi connectivity index (χ4n) is 2.16. The van der Waals surface area contributed by atoms with Crippen molar-refractivity contribution in [2.45, 2.75) is 0 Å². The third-order valence-corrected chi connectivity index (χ3v) is 3.40. The number of aromatic nitrogens is 2. The molecule has 1 amide bonds. The Morgan fingerprint density at radius 1 is 1.08 bits per heavy atom. The van der Waals surface area contributed by atoms with E-state index >= 15 is 0 Å². The molecule has 0 saturated heterocycles. The van der Waals surface area contributed by atoms with Crippen LogP contribution in [0.3, 0.4) is 0 Å². The maximum absolute atomic E-state index is 13.2. The number of para-hydroxylation sites is 1. The first-order chi connectivity index (χ1) is 11.6. The van der Waals surface area contributed by atoms with Crippen LogP contribution in [-0.2, 0) is 0 Å². The van der Waals surface area contributed by atoms with E-state index in [1.54, 1.807) is 11.0 Å². The van der Waals surface area contributed by atoms with Crippen molar-refractivity contribution in [3.05, 3.63) is 78.4 Å².